The number of amides is 1. The molecular formula is C17H15Cl2NO3S. The molecule has 0 aliphatic rings. The molecule has 0 spiro atoms. The number of halogens is 2. The van der Waals surface area contributed by atoms with Gasteiger partial charge in [0.05, 0.1) is 15.7 Å². The molecule has 126 valence electrons. The first kappa shape index (κ1) is 18.6. The average Bonchev–Trinajstić information content (AvgIpc) is 2.55. The largest absolute Gasteiger partial charge is 0.485 e. The number of anilines is 1. The molecule has 2 aromatic rings. The molecule has 0 saturated carbocycles. The van der Waals surface area contributed by atoms with E-state index >= 15 is 0 Å². The van der Waals surface area contributed by atoms with Gasteiger partial charge in [-0.05, 0) is 36.6 Å². The summed E-state index contributed by atoms with van der Waals surface area (Å²) in [7, 11) is 0. The molecule has 7 heteroatoms. The molecule has 2 rings (SSSR count). The van der Waals surface area contributed by atoms with Crippen LogP contribution in [0.3, 0.4) is 0 Å². The zero-order valence-corrected chi connectivity index (χ0v) is 15.4. The summed E-state index contributed by atoms with van der Waals surface area (Å²) in [6, 6.07) is 9.92. The Hall–Kier alpha value is -1.69. The Morgan fingerprint density at radius 3 is 2.50 bits per heavy atom. The minimum Gasteiger partial charge on any atom is -0.485 e. The van der Waals surface area contributed by atoms with E-state index in [1.165, 1.54) is 18.7 Å². The molecular weight excluding hydrogens is 369 g/mol. The third kappa shape index (κ3) is 4.90. The van der Waals surface area contributed by atoms with E-state index in [0.29, 0.717) is 27.0 Å². The number of carbonyl (C=O) groups is 2. The Bertz CT molecular complexity index is 780. The van der Waals surface area contributed by atoms with Crippen LogP contribution in [-0.2, 0) is 4.79 Å². The maximum Gasteiger partial charge on any atom is 0.221 e. The second kappa shape index (κ2) is 8.42. The van der Waals surface area contributed by atoms with Crippen LogP contribution in [0.1, 0.15) is 17.3 Å². The van der Waals surface area contributed by atoms with Gasteiger partial charge in [-0.3, -0.25) is 9.59 Å². The fourth-order valence-corrected chi connectivity index (χ4v) is 2.83. The second-order valence-corrected chi connectivity index (χ2v) is 6.55. The van der Waals surface area contributed by atoms with Crippen LogP contribution in [0.2, 0.25) is 10.0 Å². The van der Waals surface area contributed by atoms with Crippen LogP contribution in [0.15, 0.2) is 41.3 Å². The number of carbonyl (C=O) groups excluding carboxylic acids is 2. The lowest BCUT2D eigenvalue weighted by Gasteiger charge is -2.11. The number of Topliss-reactive ketones (excluding diaryl/α,β-unsaturated/α-hetero) is 1. The monoisotopic (exact) mass is 383 g/mol. The van der Waals surface area contributed by atoms with Gasteiger partial charge in [0.25, 0.3) is 0 Å². The highest BCUT2D eigenvalue weighted by Gasteiger charge is 2.11. The van der Waals surface area contributed by atoms with Crippen LogP contribution >= 0.6 is 35.0 Å². The number of nitrogens with one attached hydrogen (secondary N) is 1. The number of hydrogen-bond acceptors (Lipinski definition) is 4. The van der Waals surface area contributed by atoms with Crippen molar-refractivity contribution in [2.45, 2.75) is 11.8 Å². The lowest BCUT2D eigenvalue weighted by Crippen LogP contribution is -2.12. The summed E-state index contributed by atoms with van der Waals surface area (Å²) in [5.74, 6) is 0.135. The molecule has 0 unspecified atom stereocenters. The molecule has 0 radical (unpaired) electrons. The van der Waals surface area contributed by atoms with Crippen molar-refractivity contribution in [2.75, 3.05) is 18.2 Å². The van der Waals surface area contributed by atoms with Crippen molar-refractivity contribution in [1.29, 1.82) is 0 Å². The first-order chi connectivity index (χ1) is 11.4. The van der Waals surface area contributed by atoms with Crippen molar-refractivity contribution in [2.24, 2.45) is 0 Å². The number of hydrogen-bond donors (Lipinski definition) is 1. The lowest BCUT2D eigenvalue weighted by atomic mass is 10.1. The number of benzene rings is 2. The summed E-state index contributed by atoms with van der Waals surface area (Å²) < 4.78 is 5.46. The Morgan fingerprint density at radius 2 is 1.88 bits per heavy atom. The summed E-state index contributed by atoms with van der Waals surface area (Å²) in [6.45, 7) is 1.32. The highest BCUT2D eigenvalue weighted by molar-refractivity contribution is 7.98. The predicted octanol–water partition coefficient (Wildman–Crippen LogP) is 4.94. The Kier molecular flexibility index (Phi) is 6.54. The zero-order valence-electron chi connectivity index (χ0n) is 13.1. The molecule has 0 fully saturated rings. The van der Waals surface area contributed by atoms with Crippen molar-refractivity contribution in [3.05, 3.63) is 52.0 Å². The highest BCUT2D eigenvalue weighted by Crippen LogP contribution is 2.28. The quantitative estimate of drug-likeness (QED) is 0.567. The summed E-state index contributed by atoms with van der Waals surface area (Å²) in [5, 5.41) is 3.52. The Balaban J connectivity index is 2.08. The van der Waals surface area contributed by atoms with Gasteiger partial charge in [-0.25, -0.2) is 0 Å². The lowest BCUT2D eigenvalue weighted by molar-refractivity contribution is -0.114. The van der Waals surface area contributed by atoms with Crippen LogP contribution < -0.4 is 10.1 Å². The minimum atomic E-state index is -0.175. The van der Waals surface area contributed by atoms with Crippen molar-refractivity contribution < 1.29 is 14.3 Å². The van der Waals surface area contributed by atoms with E-state index in [1.54, 1.807) is 36.4 Å². The number of ether oxygens (including phenoxy) is 1. The average molecular weight is 384 g/mol. The topological polar surface area (TPSA) is 55.4 Å². The molecule has 0 saturated heterocycles. The third-order valence-electron chi connectivity index (χ3n) is 3.10. The van der Waals surface area contributed by atoms with E-state index in [0.717, 1.165) is 4.90 Å². The number of rotatable bonds is 6. The summed E-state index contributed by atoms with van der Waals surface area (Å²) >= 11 is 13.2. The van der Waals surface area contributed by atoms with E-state index in [4.69, 9.17) is 27.9 Å². The van der Waals surface area contributed by atoms with Crippen LogP contribution in [0.25, 0.3) is 0 Å². The molecule has 4 nitrogen and oxygen atoms in total. The van der Waals surface area contributed by atoms with E-state index in [1.807, 2.05) is 6.26 Å². The molecule has 2 aromatic carbocycles. The SMILES string of the molecule is CSc1cc(C(=O)COc2ccc(Cl)c(Cl)c2)ccc1NC(C)=O. The van der Waals surface area contributed by atoms with Crippen molar-refractivity contribution >= 4 is 52.3 Å². The third-order valence-corrected chi connectivity index (χ3v) is 4.61. The normalized spacial score (nSPS) is 10.3. The molecule has 1 N–H and O–H groups in total. The van der Waals surface area contributed by atoms with Gasteiger partial charge in [0.15, 0.2) is 12.4 Å². The molecule has 24 heavy (non-hydrogen) atoms. The van der Waals surface area contributed by atoms with Crippen molar-refractivity contribution in [3.8, 4) is 5.75 Å². The summed E-state index contributed by atoms with van der Waals surface area (Å²) in [6.07, 6.45) is 1.88. The van der Waals surface area contributed by atoms with E-state index < -0.39 is 0 Å². The van der Waals surface area contributed by atoms with Gasteiger partial charge < -0.3 is 10.1 Å². The number of thioether (sulfide) groups is 1. The summed E-state index contributed by atoms with van der Waals surface area (Å²) in [4.78, 5) is 24.3. The van der Waals surface area contributed by atoms with Gasteiger partial charge in [-0.2, -0.15) is 0 Å². The Morgan fingerprint density at radius 1 is 1.12 bits per heavy atom. The van der Waals surface area contributed by atoms with E-state index in [9.17, 15) is 9.59 Å². The fourth-order valence-electron chi connectivity index (χ4n) is 1.96. The molecule has 0 bridgehead atoms. The molecule has 1 amide bonds. The van der Waals surface area contributed by atoms with Crippen LogP contribution in [0.4, 0.5) is 5.69 Å². The first-order valence-corrected chi connectivity index (χ1v) is 8.95. The van der Waals surface area contributed by atoms with Gasteiger partial charge in [0, 0.05) is 23.4 Å². The zero-order chi connectivity index (χ0) is 17.7. The first-order valence-electron chi connectivity index (χ1n) is 6.97. The van der Waals surface area contributed by atoms with Gasteiger partial charge in [0.2, 0.25) is 5.91 Å². The van der Waals surface area contributed by atoms with Crippen LogP contribution in [-0.4, -0.2) is 24.6 Å². The molecule has 0 aliphatic carbocycles. The van der Waals surface area contributed by atoms with Gasteiger partial charge in [-0.1, -0.05) is 23.2 Å². The van der Waals surface area contributed by atoms with Crippen molar-refractivity contribution in [3.63, 3.8) is 0 Å². The van der Waals surface area contributed by atoms with Gasteiger partial charge >= 0.3 is 0 Å². The van der Waals surface area contributed by atoms with Crippen LogP contribution in [0.5, 0.6) is 5.75 Å². The second-order valence-electron chi connectivity index (χ2n) is 4.88. The highest BCUT2D eigenvalue weighted by atomic mass is 35.5. The molecule has 0 aromatic heterocycles. The van der Waals surface area contributed by atoms with Crippen LogP contribution in [0, 0.1) is 0 Å². The predicted molar refractivity (Wildman–Crippen MR) is 98.8 cm³/mol. The Labute approximate surface area is 154 Å². The number of ketones is 1. The molecule has 0 atom stereocenters. The smallest absolute Gasteiger partial charge is 0.221 e. The van der Waals surface area contributed by atoms with Gasteiger partial charge in [-0.15, -0.1) is 11.8 Å². The summed E-state index contributed by atoms with van der Waals surface area (Å²) in [5.41, 5.74) is 1.19. The standard InChI is InChI=1S/C17H15Cl2NO3S/c1-10(21)20-15-6-3-11(7-17(15)24-2)16(22)9-23-12-4-5-13(18)14(19)8-12/h3-8H,9H2,1-2H3,(H,20,21). The minimum absolute atomic E-state index is 0.120. The maximum atomic E-state index is 12.3. The fraction of sp³-hybridized carbons (Fsp3) is 0.176. The van der Waals surface area contributed by atoms with Crippen molar-refractivity contribution in [1.82, 2.24) is 0 Å². The van der Waals surface area contributed by atoms with E-state index in [2.05, 4.69) is 5.32 Å². The maximum absolute atomic E-state index is 12.3. The molecule has 0 heterocycles. The van der Waals surface area contributed by atoms with Gasteiger partial charge in [0.1, 0.15) is 5.75 Å². The van der Waals surface area contributed by atoms with E-state index in [-0.39, 0.29) is 18.3 Å². The molecule has 0 aliphatic heterocycles.